The van der Waals surface area contributed by atoms with Crippen LogP contribution in [0.4, 0.5) is 0 Å². The average Bonchev–Trinajstić information content (AvgIpc) is 1.94. The Labute approximate surface area is 62.4 Å². The van der Waals surface area contributed by atoms with Crippen molar-refractivity contribution in [2.24, 2.45) is 0 Å². The van der Waals surface area contributed by atoms with Gasteiger partial charge in [-0.15, -0.1) is 0 Å². The Morgan fingerprint density at radius 3 is 3.00 bits per heavy atom. The molecule has 0 aromatic heterocycles. The third-order valence-corrected chi connectivity index (χ3v) is 1.52. The Morgan fingerprint density at radius 1 is 1.60 bits per heavy atom. The van der Waals surface area contributed by atoms with Crippen molar-refractivity contribution < 1.29 is 4.74 Å². The summed E-state index contributed by atoms with van der Waals surface area (Å²) < 4.78 is 5.36. The Bertz CT molecular complexity index is 166. The molecule has 0 bridgehead atoms. The Kier molecular flexibility index (Phi) is 2.55. The highest BCUT2D eigenvalue weighted by molar-refractivity contribution is 5.30. The summed E-state index contributed by atoms with van der Waals surface area (Å²) in [5, 5.41) is 0. The topological polar surface area (TPSA) is 9.23 Å². The third kappa shape index (κ3) is 1.63. The van der Waals surface area contributed by atoms with Crippen LogP contribution in [0.25, 0.3) is 0 Å². The maximum absolute atomic E-state index is 5.36. The van der Waals surface area contributed by atoms with E-state index in [1.807, 2.05) is 13.0 Å². The number of hydrogen-bond acceptors (Lipinski definition) is 1. The van der Waals surface area contributed by atoms with Gasteiger partial charge in [0.1, 0.15) is 5.76 Å². The van der Waals surface area contributed by atoms with Crippen molar-refractivity contribution in [3.63, 3.8) is 0 Å². The molecule has 1 radical (unpaired) electrons. The fraction of sp³-hybridized carbons (Fsp3) is 0.444. The molecule has 0 fully saturated rings. The third-order valence-electron chi connectivity index (χ3n) is 1.52. The fourth-order valence-electron chi connectivity index (χ4n) is 0.969. The van der Waals surface area contributed by atoms with Crippen LogP contribution in [0, 0.1) is 6.42 Å². The van der Waals surface area contributed by atoms with Crippen molar-refractivity contribution in [3.8, 4) is 0 Å². The first-order chi connectivity index (χ1) is 4.84. The Balaban J connectivity index is 2.56. The predicted octanol–water partition coefficient (Wildman–Crippen LogP) is 2.46. The maximum Gasteiger partial charge on any atom is 0.118 e. The molecule has 0 saturated carbocycles. The summed E-state index contributed by atoms with van der Waals surface area (Å²) in [7, 11) is 0. The minimum Gasteiger partial charge on any atom is -0.494 e. The van der Waals surface area contributed by atoms with Crippen molar-refractivity contribution in [3.05, 3.63) is 29.9 Å². The van der Waals surface area contributed by atoms with E-state index < -0.39 is 0 Å². The molecule has 0 amide bonds. The second-order valence-corrected chi connectivity index (χ2v) is 2.32. The summed E-state index contributed by atoms with van der Waals surface area (Å²) >= 11 is 0. The fourth-order valence-corrected chi connectivity index (χ4v) is 0.969. The van der Waals surface area contributed by atoms with Gasteiger partial charge < -0.3 is 4.74 Å². The van der Waals surface area contributed by atoms with Crippen LogP contribution in [-0.4, -0.2) is 6.61 Å². The molecule has 1 aliphatic rings. The van der Waals surface area contributed by atoms with Crippen molar-refractivity contribution in [1.29, 1.82) is 0 Å². The van der Waals surface area contributed by atoms with E-state index in [2.05, 4.69) is 19.4 Å². The second kappa shape index (κ2) is 3.45. The first kappa shape index (κ1) is 7.39. The summed E-state index contributed by atoms with van der Waals surface area (Å²) in [5.41, 5.74) is 1.25. The van der Waals surface area contributed by atoms with Crippen molar-refractivity contribution in [2.45, 2.75) is 20.3 Å². The molecule has 0 saturated heterocycles. The highest BCUT2D eigenvalue weighted by atomic mass is 16.5. The molecule has 55 valence electrons. The zero-order valence-corrected chi connectivity index (χ0v) is 6.55. The van der Waals surface area contributed by atoms with Crippen molar-refractivity contribution in [2.75, 3.05) is 6.61 Å². The van der Waals surface area contributed by atoms with Gasteiger partial charge in [0.05, 0.1) is 6.61 Å². The van der Waals surface area contributed by atoms with E-state index >= 15 is 0 Å². The summed E-state index contributed by atoms with van der Waals surface area (Å²) in [4.78, 5) is 0. The Morgan fingerprint density at radius 2 is 2.40 bits per heavy atom. The summed E-state index contributed by atoms with van der Waals surface area (Å²) in [6.07, 6.45) is 7.37. The van der Waals surface area contributed by atoms with Gasteiger partial charge in [-0.3, -0.25) is 0 Å². The smallest absolute Gasteiger partial charge is 0.118 e. The van der Waals surface area contributed by atoms with Crippen LogP contribution in [0.15, 0.2) is 23.5 Å². The number of ether oxygens (including phenoxy) is 1. The van der Waals surface area contributed by atoms with Crippen molar-refractivity contribution >= 4 is 0 Å². The molecule has 0 aromatic rings. The molecule has 0 aromatic carbocycles. The zero-order valence-electron chi connectivity index (χ0n) is 6.55. The van der Waals surface area contributed by atoms with Gasteiger partial charge >= 0.3 is 0 Å². The van der Waals surface area contributed by atoms with Gasteiger partial charge in [0.15, 0.2) is 0 Å². The van der Waals surface area contributed by atoms with Crippen LogP contribution in [0.1, 0.15) is 20.3 Å². The van der Waals surface area contributed by atoms with Gasteiger partial charge in [-0.25, -0.2) is 0 Å². The molecule has 1 aliphatic carbocycles. The number of allylic oxidation sites excluding steroid dienone is 3. The molecule has 1 rings (SSSR count). The molecule has 0 unspecified atom stereocenters. The standard InChI is InChI=1S/C9H13O/c1-3-10-9-7-5-4-6-8(9)2/h5-7H,3-4H2,1-2H3. The molecule has 0 spiro atoms. The van der Waals surface area contributed by atoms with E-state index in [0.29, 0.717) is 0 Å². The molecule has 0 atom stereocenters. The van der Waals surface area contributed by atoms with Gasteiger partial charge in [-0.1, -0.05) is 6.08 Å². The quantitative estimate of drug-likeness (QED) is 0.568. The SMILES string of the molecule is CCOC1=C[CH]CC=C1C. The van der Waals surface area contributed by atoms with Gasteiger partial charge in [-0.05, 0) is 38.3 Å². The van der Waals surface area contributed by atoms with Crippen molar-refractivity contribution in [1.82, 2.24) is 0 Å². The highest BCUT2D eigenvalue weighted by Crippen LogP contribution is 2.17. The van der Waals surface area contributed by atoms with Crippen LogP contribution in [0.5, 0.6) is 0 Å². The predicted molar refractivity (Wildman–Crippen MR) is 42.4 cm³/mol. The first-order valence-corrected chi connectivity index (χ1v) is 3.68. The van der Waals surface area contributed by atoms with E-state index in [1.54, 1.807) is 0 Å². The average molecular weight is 137 g/mol. The molecule has 0 aliphatic heterocycles. The molecule has 0 heterocycles. The first-order valence-electron chi connectivity index (χ1n) is 3.68. The Hall–Kier alpha value is -0.720. The summed E-state index contributed by atoms with van der Waals surface area (Å²) in [5.74, 6) is 1.02. The van der Waals surface area contributed by atoms with Crippen LogP contribution in [0.2, 0.25) is 0 Å². The van der Waals surface area contributed by atoms with Gasteiger partial charge in [0.25, 0.3) is 0 Å². The van der Waals surface area contributed by atoms with E-state index in [4.69, 9.17) is 4.74 Å². The molecule has 10 heavy (non-hydrogen) atoms. The number of hydrogen-bond donors (Lipinski definition) is 0. The van der Waals surface area contributed by atoms with Crippen LogP contribution >= 0.6 is 0 Å². The zero-order chi connectivity index (χ0) is 7.40. The minimum absolute atomic E-state index is 0.755. The van der Waals surface area contributed by atoms with Gasteiger partial charge in [-0.2, -0.15) is 0 Å². The minimum atomic E-state index is 0.755. The lowest BCUT2D eigenvalue weighted by Gasteiger charge is -2.12. The normalized spacial score (nSPS) is 17.8. The van der Waals surface area contributed by atoms with Crippen LogP contribution in [0.3, 0.4) is 0 Å². The lowest BCUT2D eigenvalue weighted by atomic mass is 10.1. The number of rotatable bonds is 2. The lowest BCUT2D eigenvalue weighted by Crippen LogP contribution is -1.97. The molecule has 1 heteroatoms. The monoisotopic (exact) mass is 137 g/mol. The molecular weight excluding hydrogens is 124 g/mol. The molecular formula is C9H13O. The maximum atomic E-state index is 5.36. The largest absolute Gasteiger partial charge is 0.494 e. The van der Waals surface area contributed by atoms with Crippen LogP contribution < -0.4 is 0 Å². The lowest BCUT2D eigenvalue weighted by molar-refractivity contribution is 0.236. The van der Waals surface area contributed by atoms with E-state index in [0.717, 1.165) is 18.8 Å². The van der Waals surface area contributed by atoms with E-state index in [1.165, 1.54) is 5.57 Å². The second-order valence-electron chi connectivity index (χ2n) is 2.32. The highest BCUT2D eigenvalue weighted by Gasteiger charge is 2.03. The summed E-state index contributed by atoms with van der Waals surface area (Å²) in [6.45, 7) is 4.84. The molecule has 1 nitrogen and oxygen atoms in total. The van der Waals surface area contributed by atoms with Crippen LogP contribution in [-0.2, 0) is 4.74 Å². The summed E-state index contributed by atoms with van der Waals surface area (Å²) in [6, 6.07) is 0. The van der Waals surface area contributed by atoms with E-state index in [-0.39, 0.29) is 0 Å². The van der Waals surface area contributed by atoms with E-state index in [9.17, 15) is 0 Å². The van der Waals surface area contributed by atoms with Gasteiger partial charge in [0, 0.05) is 0 Å². The molecule has 0 N–H and O–H groups in total. The van der Waals surface area contributed by atoms with Gasteiger partial charge in [0.2, 0.25) is 0 Å².